The third kappa shape index (κ3) is 2.95. The van der Waals surface area contributed by atoms with E-state index in [9.17, 15) is 0 Å². The van der Waals surface area contributed by atoms with Crippen molar-refractivity contribution in [1.29, 1.82) is 0 Å². The fourth-order valence-corrected chi connectivity index (χ4v) is 2.93. The SMILES string of the molecule is CC(N)c1nc(CSC2CCCC2)no1. The minimum absolute atomic E-state index is 0.164. The summed E-state index contributed by atoms with van der Waals surface area (Å²) in [5.74, 6) is 2.16. The third-order valence-corrected chi connectivity index (χ3v) is 3.99. The molecule has 1 atom stereocenters. The van der Waals surface area contributed by atoms with Gasteiger partial charge in [-0.15, -0.1) is 0 Å². The van der Waals surface area contributed by atoms with Crippen molar-refractivity contribution in [3.63, 3.8) is 0 Å². The van der Waals surface area contributed by atoms with Crippen LogP contribution in [-0.2, 0) is 5.75 Å². The highest BCUT2D eigenvalue weighted by Crippen LogP contribution is 2.31. The molecule has 4 nitrogen and oxygen atoms in total. The Kier molecular flexibility index (Phi) is 3.64. The van der Waals surface area contributed by atoms with E-state index in [0.717, 1.165) is 16.8 Å². The van der Waals surface area contributed by atoms with E-state index in [-0.39, 0.29) is 6.04 Å². The predicted molar refractivity (Wildman–Crippen MR) is 60.5 cm³/mol. The molecule has 84 valence electrons. The van der Waals surface area contributed by atoms with E-state index in [0.29, 0.717) is 5.89 Å². The van der Waals surface area contributed by atoms with E-state index >= 15 is 0 Å². The Morgan fingerprint density at radius 2 is 2.27 bits per heavy atom. The Labute approximate surface area is 94.0 Å². The van der Waals surface area contributed by atoms with Crippen LogP contribution in [0.5, 0.6) is 0 Å². The van der Waals surface area contributed by atoms with Crippen molar-refractivity contribution >= 4 is 11.8 Å². The minimum atomic E-state index is -0.164. The van der Waals surface area contributed by atoms with Crippen LogP contribution in [0.4, 0.5) is 0 Å². The summed E-state index contributed by atoms with van der Waals surface area (Å²) in [6.07, 6.45) is 5.41. The van der Waals surface area contributed by atoms with Gasteiger partial charge in [0.05, 0.1) is 11.8 Å². The third-order valence-electron chi connectivity index (χ3n) is 2.62. The lowest BCUT2D eigenvalue weighted by atomic mass is 10.4. The Morgan fingerprint density at radius 1 is 1.53 bits per heavy atom. The van der Waals surface area contributed by atoms with Gasteiger partial charge in [0, 0.05) is 5.25 Å². The summed E-state index contributed by atoms with van der Waals surface area (Å²) in [5, 5.41) is 4.71. The Bertz CT molecular complexity index is 307. The van der Waals surface area contributed by atoms with E-state index in [4.69, 9.17) is 10.3 Å². The molecule has 0 bridgehead atoms. The number of rotatable bonds is 4. The molecule has 1 heterocycles. The molecular weight excluding hydrogens is 210 g/mol. The Balaban J connectivity index is 1.82. The second kappa shape index (κ2) is 4.99. The van der Waals surface area contributed by atoms with Gasteiger partial charge in [0.1, 0.15) is 0 Å². The average Bonchev–Trinajstić information content (AvgIpc) is 2.86. The molecule has 1 aliphatic rings. The molecule has 0 aromatic carbocycles. The molecule has 0 amide bonds. The predicted octanol–water partition coefficient (Wildman–Crippen LogP) is 2.27. The summed E-state index contributed by atoms with van der Waals surface area (Å²) in [6.45, 7) is 1.85. The molecule has 1 saturated carbocycles. The summed E-state index contributed by atoms with van der Waals surface area (Å²) in [4.78, 5) is 4.25. The van der Waals surface area contributed by atoms with Gasteiger partial charge in [-0.3, -0.25) is 0 Å². The van der Waals surface area contributed by atoms with Crippen LogP contribution in [-0.4, -0.2) is 15.4 Å². The number of hydrogen-bond acceptors (Lipinski definition) is 5. The van der Waals surface area contributed by atoms with Gasteiger partial charge < -0.3 is 10.3 Å². The highest BCUT2D eigenvalue weighted by atomic mass is 32.2. The summed E-state index contributed by atoms with van der Waals surface area (Å²) >= 11 is 1.94. The van der Waals surface area contributed by atoms with Crippen molar-refractivity contribution in [2.45, 2.75) is 49.7 Å². The maximum Gasteiger partial charge on any atom is 0.243 e. The first-order valence-electron chi connectivity index (χ1n) is 5.45. The minimum Gasteiger partial charge on any atom is -0.338 e. The van der Waals surface area contributed by atoms with Crippen molar-refractivity contribution in [1.82, 2.24) is 10.1 Å². The number of hydrogen-bond donors (Lipinski definition) is 1. The monoisotopic (exact) mass is 227 g/mol. The molecule has 5 heteroatoms. The van der Waals surface area contributed by atoms with Gasteiger partial charge in [-0.1, -0.05) is 18.0 Å². The largest absolute Gasteiger partial charge is 0.338 e. The molecule has 0 aliphatic heterocycles. The number of aromatic nitrogens is 2. The van der Waals surface area contributed by atoms with Gasteiger partial charge in [-0.25, -0.2) is 0 Å². The molecule has 1 aromatic heterocycles. The average molecular weight is 227 g/mol. The Morgan fingerprint density at radius 3 is 2.87 bits per heavy atom. The van der Waals surface area contributed by atoms with Crippen LogP contribution in [0.1, 0.15) is 50.4 Å². The molecule has 1 fully saturated rings. The van der Waals surface area contributed by atoms with Crippen molar-refractivity contribution in [2.24, 2.45) is 5.73 Å². The van der Waals surface area contributed by atoms with Crippen LogP contribution in [0, 0.1) is 0 Å². The van der Waals surface area contributed by atoms with E-state index in [1.807, 2.05) is 18.7 Å². The van der Waals surface area contributed by atoms with Crippen LogP contribution in [0.15, 0.2) is 4.52 Å². The maximum absolute atomic E-state index is 5.64. The van der Waals surface area contributed by atoms with Gasteiger partial charge in [0.2, 0.25) is 5.89 Å². The topological polar surface area (TPSA) is 64.9 Å². The fourth-order valence-electron chi connectivity index (χ4n) is 1.76. The van der Waals surface area contributed by atoms with Crippen molar-refractivity contribution < 1.29 is 4.52 Å². The van der Waals surface area contributed by atoms with Crippen molar-refractivity contribution in [3.05, 3.63) is 11.7 Å². The van der Waals surface area contributed by atoms with Crippen LogP contribution in [0.3, 0.4) is 0 Å². The van der Waals surface area contributed by atoms with Gasteiger partial charge in [0.25, 0.3) is 0 Å². The highest BCUT2D eigenvalue weighted by molar-refractivity contribution is 7.99. The molecule has 2 rings (SSSR count). The fraction of sp³-hybridized carbons (Fsp3) is 0.800. The van der Waals surface area contributed by atoms with Crippen LogP contribution >= 0.6 is 11.8 Å². The highest BCUT2D eigenvalue weighted by Gasteiger charge is 2.17. The van der Waals surface area contributed by atoms with E-state index in [1.54, 1.807) is 0 Å². The van der Waals surface area contributed by atoms with Crippen LogP contribution in [0.25, 0.3) is 0 Å². The number of thioether (sulfide) groups is 1. The summed E-state index contributed by atoms with van der Waals surface area (Å²) in [6, 6.07) is -0.164. The molecule has 1 unspecified atom stereocenters. The van der Waals surface area contributed by atoms with E-state index < -0.39 is 0 Å². The first-order valence-corrected chi connectivity index (χ1v) is 6.50. The maximum atomic E-state index is 5.64. The molecule has 15 heavy (non-hydrogen) atoms. The first-order chi connectivity index (χ1) is 7.25. The Hall–Kier alpha value is -0.550. The lowest BCUT2D eigenvalue weighted by Crippen LogP contribution is -2.05. The van der Waals surface area contributed by atoms with Gasteiger partial charge in [-0.2, -0.15) is 16.7 Å². The van der Waals surface area contributed by atoms with E-state index in [2.05, 4.69) is 10.1 Å². The molecule has 0 radical (unpaired) electrons. The smallest absolute Gasteiger partial charge is 0.243 e. The first kappa shape index (κ1) is 11.0. The summed E-state index contributed by atoms with van der Waals surface area (Å²) in [5.41, 5.74) is 5.64. The van der Waals surface area contributed by atoms with Crippen molar-refractivity contribution in [3.8, 4) is 0 Å². The molecule has 2 N–H and O–H groups in total. The summed E-state index contributed by atoms with van der Waals surface area (Å²) in [7, 11) is 0. The zero-order valence-electron chi connectivity index (χ0n) is 8.98. The normalized spacial score (nSPS) is 19.6. The van der Waals surface area contributed by atoms with E-state index in [1.165, 1.54) is 25.7 Å². The molecule has 1 aliphatic carbocycles. The number of nitrogens with zero attached hydrogens (tertiary/aromatic N) is 2. The second-order valence-electron chi connectivity index (χ2n) is 4.05. The molecular formula is C10H17N3OS. The standard InChI is InChI=1S/C10H17N3OS/c1-7(11)10-12-9(13-14-10)6-15-8-4-2-3-5-8/h7-8H,2-6,11H2,1H3. The van der Waals surface area contributed by atoms with Gasteiger partial charge >= 0.3 is 0 Å². The molecule has 0 spiro atoms. The summed E-state index contributed by atoms with van der Waals surface area (Å²) < 4.78 is 5.04. The van der Waals surface area contributed by atoms with Gasteiger partial charge in [0.15, 0.2) is 5.82 Å². The molecule has 0 saturated heterocycles. The zero-order chi connectivity index (χ0) is 10.7. The second-order valence-corrected chi connectivity index (χ2v) is 5.34. The van der Waals surface area contributed by atoms with Crippen LogP contribution < -0.4 is 5.73 Å². The zero-order valence-corrected chi connectivity index (χ0v) is 9.80. The number of nitrogens with two attached hydrogens (primary N) is 1. The van der Waals surface area contributed by atoms with Gasteiger partial charge in [-0.05, 0) is 19.8 Å². The van der Waals surface area contributed by atoms with Crippen LogP contribution in [0.2, 0.25) is 0 Å². The lowest BCUT2D eigenvalue weighted by Gasteiger charge is -2.04. The quantitative estimate of drug-likeness (QED) is 0.854. The lowest BCUT2D eigenvalue weighted by molar-refractivity contribution is 0.358. The molecule has 1 aromatic rings. The van der Waals surface area contributed by atoms with Crippen molar-refractivity contribution in [2.75, 3.05) is 0 Å².